The van der Waals surface area contributed by atoms with Crippen LogP contribution in [0.15, 0.2) is 29.3 Å². The molecule has 1 aliphatic heterocycles. The maximum atomic E-state index is 12.5. The fraction of sp³-hybridized carbons (Fsp3) is 0.650. The molecule has 0 aromatic heterocycles. The minimum absolute atomic E-state index is 0. The molecular formula is C20H33F2IN4O. The van der Waals surface area contributed by atoms with E-state index in [0.717, 1.165) is 19.6 Å². The molecule has 1 atom stereocenters. The van der Waals surface area contributed by atoms with Gasteiger partial charge in [0.15, 0.2) is 5.96 Å². The number of nitrogens with zero attached hydrogens (tertiary/aromatic N) is 2. The fourth-order valence-electron chi connectivity index (χ4n) is 3.33. The highest BCUT2D eigenvalue weighted by Crippen LogP contribution is 2.21. The van der Waals surface area contributed by atoms with Crippen LogP contribution in [-0.2, 0) is 6.54 Å². The number of likely N-dealkylation sites (tertiary alicyclic amines) is 1. The SMILES string of the molecule is CCNC(=NCc1ccccc1OC(F)F)NCC1CCCN(C(C)C)C1.I. The monoisotopic (exact) mass is 510 g/mol. The molecule has 160 valence electrons. The van der Waals surface area contributed by atoms with Gasteiger partial charge in [-0.3, -0.25) is 0 Å². The number of hydrogen-bond acceptors (Lipinski definition) is 3. The highest BCUT2D eigenvalue weighted by molar-refractivity contribution is 14.0. The second kappa shape index (κ2) is 13.1. The van der Waals surface area contributed by atoms with E-state index in [1.807, 2.05) is 6.92 Å². The van der Waals surface area contributed by atoms with Crippen molar-refractivity contribution in [1.29, 1.82) is 0 Å². The molecule has 1 heterocycles. The van der Waals surface area contributed by atoms with Gasteiger partial charge in [0.05, 0.1) is 6.54 Å². The van der Waals surface area contributed by atoms with Crippen LogP contribution in [0.4, 0.5) is 8.78 Å². The molecule has 0 radical (unpaired) electrons. The van der Waals surface area contributed by atoms with Gasteiger partial charge in [0, 0.05) is 31.2 Å². The number of guanidine groups is 1. The zero-order valence-corrected chi connectivity index (χ0v) is 19.3. The predicted molar refractivity (Wildman–Crippen MR) is 121 cm³/mol. The molecule has 1 aliphatic rings. The number of alkyl halides is 2. The molecule has 2 rings (SSSR count). The van der Waals surface area contributed by atoms with Gasteiger partial charge in [-0.05, 0) is 52.1 Å². The summed E-state index contributed by atoms with van der Waals surface area (Å²) in [5, 5.41) is 6.63. The van der Waals surface area contributed by atoms with Crippen LogP contribution in [0.2, 0.25) is 0 Å². The van der Waals surface area contributed by atoms with Crippen molar-refractivity contribution in [2.45, 2.75) is 52.8 Å². The molecule has 1 aromatic carbocycles. The van der Waals surface area contributed by atoms with Crippen molar-refractivity contribution in [3.8, 4) is 5.75 Å². The lowest BCUT2D eigenvalue weighted by atomic mass is 9.97. The maximum absolute atomic E-state index is 12.5. The second-order valence-corrected chi connectivity index (χ2v) is 7.16. The Labute approximate surface area is 184 Å². The Kier molecular flexibility index (Phi) is 11.7. The lowest BCUT2D eigenvalue weighted by molar-refractivity contribution is -0.0504. The molecule has 0 spiro atoms. The molecule has 1 unspecified atom stereocenters. The van der Waals surface area contributed by atoms with Gasteiger partial charge in [-0.1, -0.05) is 18.2 Å². The van der Waals surface area contributed by atoms with Crippen molar-refractivity contribution in [2.75, 3.05) is 26.2 Å². The first-order chi connectivity index (χ1) is 13.0. The smallest absolute Gasteiger partial charge is 0.387 e. The first-order valence-electron chi connectivity index (χ1n) is 9.78. The highest BCUT2D eigenvalue weighted by atomic mass is 127. The van der Waals surface area contributed by atoms with Gasteiger partial charge in [-0.2, -0.15) is 8.78 Å². The van der Waals surface area contributed by atoms with Crippen LogP contribution >= 0.6 is 24.0 Å². The minimum atomic E-state index is -2.84. The lowest BCUT2D eigenvalue weighted by Crippen LogP contribution is -2.46. The van der Waals surface area contributed by atoms with Crippen LogP contribution in [0.5, 0.6) is 5.75 Å². The highest BCUT2D eigenvalue weighted by Gasteiger charge is 2.21. The van der Waals surface area contributed by atoms with E-state index in [1.165, 1.54) is 19.4 Å². The summed E-state index contributed by atoms with van der Waals surface area (Å²) in [5.41, 5.74) is 0.638. The third-order valence-corrected chi connectivity index (χ3v) is 4.78. The molecule has 8 heteroatoms. The molecule has 28 heavy (non-hydrogen) atoms. The quantitative estimate of drug-likeness (QED) is 0.315. The van der Waals surface area contributed by atoms with Gasteiger partial charge in [0.25, 0.3) is 0 Å². The summed E-state index contributed by atoms with van der Waals surface area (Å²) in [6.07, 6.45) is 2.43. The molecular weight excluding hydrogens is 477 g/mol. The van der Waals surface area contributed by atoms with Crippen LogP contribution < -0.4 is 15.4 Å². The number of para-hydroxylation sites is 1. The number of ether oxygens (including phenoxy) is 1. The normalized spacial score (nSPS) is 18.1. The van der Waals surface area contributed by atoms with Crippen LogP contribution in [0.3, 0.4) is 0 Å². The summed E-state index contributed by atoms with van der Waals surface area (Å²) in [6, 6.07) is 7.34. The van der Waals surface area contributed by atoms with Crippen molar-refractivity contribution in [3.63, 3.8) is 0 Å². The lowest BCUT2D eigenvalue weighted by Gasteiger charge is -2.35. The van der Waals surface area contributed by atoms with Crippen molar-refractivity contribution in [2.24, 2.45) is 10.9 Å². The van der Waals surface area contributed by atoms with E-state index in [0.29, 0.717) is 23.5 Å². The molecule has 0 saturated carbocycles. The standard InChI is InChI=1S/C20H32F2N4O.HI/c1-4-23-20(24-12-16-8-7-11-26(14-16)15(2)3)25-13-17-9-5-6-10-18(17)27-19(21)22;/h5-6,9-10,15-16,19H,4,7-8,11-14H2,1-3H3,(H2,23,24,25);1H. The van der Waals surface area contributed by atoms with E-state index >= 15 is 0 Å². The Bertz CT molecular complexity index is 601. The van der Waals surface area contributed by atoms with E-state index < -0.39 is 6.61 Å². The Hall–Kier alpha value is -1.16. The van der Waals surface area contributed by atoms with E-state index in [4.69, 9.17) is 0 Å². The number of benzene rings is 1. The van der Waals surface area contributed by atoms with Gasteiger partial charge in [-0.15, -0.1) is 24.0 Å². The summed E-state index contributed by atoms with van der Waals surface area (Å²) in [6.45, 7) is 7.77. The minimum Gasteiger partial charge on any atom is -0.434 e. The second-order valence-electron chi connectivity index (χ2n) is 7.16. The molecule has 5 nitrogen and oxygen atoms in total. The zero-order chi connectivity index (χ0) is 19.6. The number of aliphatic imine (C=N–C) groups is 1. The number of hydrogen-bond donors (Lipinski definition) is 2. The van der Waals surface area contributed by atoms with E-state index in [1.54, 1.807) is 24.3 Å². The molecule has 0 aliphatic carbocycles. The Morgan fingerprint density at radius 2 is 2.04 bits per heavy atom. The van der Waals surface area contributed by atoms with Crippen molar-refractivity contribution in [3.05, 3.63) is 29.8 Å². The van der Waals surface area contributed by atoms with Crippen LogP contribution in [0, 0.1) is 5.92 Å². The van der Waals surface area contributed by atoms with Crippen molar-refractivity contribution >= 4 is 29.9 Å². The summed E-state index contributed by atoms with van der Waals surface area (Å²) >= 11 is 0. The molecule has 0 amide bonds. The third-order valence-electron chi connectivity index (χ3n) is 4.78. The number of halogens is 3. The zero-order valence-electron chi connectivity index (χ0n) is 17.0. The predicted octanol–water partition coefficient (Wildman–Crippen LogP) is 4.08. The van der Waals surface area contributed by atoms with Crippen LogP contribution in [0.25, 0.3) is 0 Å². The fourth-order valence-corrected chi connectivity index (χ4v) is 3.33. The largest absolute Gasteiger partial charge is 0.434 e. The molecule has 2 N–H and O–H groups in total. The molecule has 1 aromatic rings. The van der Waals surface area contributed by atoms with Crippen LogP contribution in [0.1, 0.15) is 39.2 Å². The van der Waals surface area contributed by atoms with Crippen molar-refractivity contribution in [1.82, 2.24) is 15.5 Å². The summed E-state index contributed by atoms with van der Waals surface area (Å²) < 4.78 is 29.7. The average molecular weight is 510 g/mol. The van der Waals surface area contributed by atoms with E-state index in [2.05, 4.69) is 39.1 Å². The summed E-state index contributed by atoms with van der Waals surface area (Å²) in [5.74, 6) is 1.46. The van der Waals surface area contributed by atoms with E-state index in [-0.39, 0.29) is 36.3 Å². The average Bonchev–Trinajstić information content (AvgIpc) is 2.65. The topological polar surface area (TPSA) is 48.9 Å². The third kappa shape index (κ3) is 8.46. The van der Waals surface area contributed by atoms with Gasteiger partial charge >= 0.3 is 6.61 Å². The number of nitrogens with one attached hydrogen (secondary N) is 2. The van der Waals surface area contributed by atoms with Gasteiger partial charge in [0.2, 0.25) is 0 Å². The van der Waals surface area contributed by atoms with Gasteiger partial charge in [-0.25, -0.2) is 4.99 Å². The Morgan fingerprint density at radius 1 is 1.29 bits per heavy atom. The molecule has 0 bridgehead atoms. The summed E-state index contributed by atoms with van der Waals surface area (Å²) in [7, 11) is 0. The summed E-state index contributed by atoms with van der Waals surface area (Å²) in [4.78, 5) is 7.06. The maximum Gasteiger partial charge on any atom is 0.387 e. The first-order valence-corrected chi connectivity index (χ1v) is 9.78. The van der Waals surface area contributed by atoms with Crippen LogP contribution in [-0.4, -0.2) is 49.7 Å². The molecule has 1 fully saturated rings. The number of piperidine rings is 1. The number of rotatable bonds is 8. The van der Waals surface area contributed by atoms with E-state index in [9.17, 15) is 8.78 Å². The molecule has 1 saturated heterocycles. The Morgan fingerprint density at radius 3 is 2.71 bits per heavy atom. The van der Waals surface area contributed by atoms with Crippen molar-refractivity contribution < 1.29 is 13.5 Å². The first kappa shape index (κ1) is 24.9. The van der Waals surface area contributed by atoms with Gasteiger partial charge < -0.3 is 20.3 Å². The van der Waals surface area contributed by atoms with Gasteiger partial charge in [0.1, 0.15) is 5.75 Å². The Balaban J connectivity index is 0.00000392.